The van der Waals surface area contributed by atoms with Crippen molar-refractivity contribution < 1.29 is 19.1 Å². The summed E-state index contributed by atoms with van der Waals surface area (Å²) in [4.78, 5) is 24.9. The molecule has 2 rings (SSSR count). The van der Waals surface area contributed by atoms with Gasteiger partial charge in [0.15, 0.2) is 16.6 Å². The van der Waals surface area contributed by atoms with Crippen LogP contribution in [0.3, 0.4) is 0 Å². The van der Waals surface area contributed by atoms with Crippen molar-refractivity contribution in [2.75, 3.05) is 13.2 Å². The molecule has 0 radical (unpaired) electrons. The monoisotopic (exact) mass is 346 g/mol. The van der Waals surface area contributed by atoms with Gasteiger partial charge in [-0.2, -0.15) is 0 Å². The molecular weight excluding hydrogens is 328 g/mol. The molecule has 1 aliphatic heterocycles. The highest BCUT2D eigenvalue weighted by atomic mass is 32.1. The average molecular weight is 346 g/mol. The van der Waals surface area contributed by atoms with Gasteiger partial charge in [-0.3, -0.25) is 19.8 Å². The molecule has 0 aromatic heterocycles. The van der Waals surface area contributed by atoms with Crippen LogP contribution in [0.25, 0.3) is 6.08 Å². The standard InChI is InChI=1S/C17H18N2O4S/c1-4-8-23-14-7-6-12(10-15(14)22-5-2)9-13-16(21)18-17(24)19(13)11(3)20/h4,6-7,9-10H,1,5,8H2,2-3H3,(H,18,21,24). The highest BCUT2D eigenvalue weighted by Crippen LogP contribution is 2.30. The van der Waals surface area contributed by atoms with Gasteiger partial charge < -0.3 is 9.47 Å². The zero-order chi connectivity index (χ0) is 17.7. The Bertz CT molecular complexity index is 727. The minimum Gasteiger partial charge on any atom is -0.490 e. The molecule has 126 valence electrons. The Morgan fingerprint density at radius 2 is 2.12 bits per heavy atom. The predicted octanol–water partition coefficient (Wildman–Crippen LogP) is 2.25. The molecule has 0 unspecified atom stereocenters. The van der Waals surface area contributed by atoms with Crippen molar-refractivity contribution in [2.24, 2.45) is 0 Å². The van der Waals surface area contributed by atoms with Crippen molar-refractivity contribution in [1.29, 1.82) is 0 Å². The van der Waals surface area contributed by atoms with Gasteiger partial charge in [-0.15, -0.1) is 0 Å². The Labute approximate surface area is 145 Å². The molecule has 1 N–H and O–H groups in total. The Kier molecular flexibility index (Phi) is 5.70. The number of carbonyl (C=O) groups is 2. The number of benzene rings is 1. The zero-order valence-electron chi connectivity index (χ0n) is 13.5. The molecule has 0 spiro atoms. The summed E-state index contributed by atoms with van der Waals surface area (Å²) in [5, 5.41) is 2.54. The number of nitrogens with one attached hydrogen (secondary N) is 1. The number of nitrogens with zero attached hydrogens (tertiary/aromatic N) is 1. The van der Waals surface area contributed by atoms with Gasteiger partial charge in [0, 0.05) is 6.92 Å². The van der Waals surface area contributed by atoms with E-state index in [9.17, 15) is 9.59 Å². The Balaban J connectivity index is 2.39. The number of hydrogen-bond donors (Lipinski definition) is 1. The maximum absolute atomic E-state index is 12.0. The zero-order valence-corrected chi connectivity index (χ0v) is 14.3. The van der Waals surface area contributed by atoms with Crippen molar-refractivity contribution in [2.45, 2.75) is 13.8 Å². The Hall–Kier alpha value is -2.67. The van der Waals surface area contributed by atoms with E-state index in [-0.39, 0.29) is 16.7 Å². The van der Waals surface area contributed by atoms with Gasteiger partial charge in [0.05, 0.1) is 6.61 Å². The summed E-state index contributed by atoms with van der Waals surface area (Å²) < 4.78 is 11.1. The van der Waals surface area contributed by atoms with Crippen molar-refractivity contribution in [3.63, 3.8) is 0 Å². The first-order chi connectivity index (χ1) is 11.5. The van der Waals surface area contributed by atoms with E-state index >= 15 is 0 Å². The molecule has 24 heavy (non-hydrogen) atoms. The lowest BCUT2D eigenvalue weighted by Crippen LogP contribution is -2.31. The molecule has 0 bridgehead atoms. The average Bonchev–Trinajstić information content (AvgIpc) is 2.81. The van der Waals surface area contributed by atoms with Crippen molar-refractivity contribution >= 4 is 35.2 Å². The quantitative estimate of drug-likeness (QED) is 0.486. The molecule has 1 fully saturated rings. The van der Waals surface area contributed by atoms with Crippen LogP contribution in [0.2, 0.25) is 0 Å². The van der Waals surface area contributed by atoms with E-state index in [1.54, 1.807) is 30.4 Å². The van der Waals surface area contributed by atoms with E-state index in [2.05, 4.69) is 11.9 Å². The maximum atomic E-state index is 12.0. The van der Waals surface area contributed by atoms with E-state index in [1.807, 2.05) is 6.92 Å². The van der Waals surface area contributed by atoms with E-state index < -0.39 is 5.91 Å². The van der Waals surface area contributed by atoms with E-state index in [0.29, 0.717) is 30.3 Å². The van der Waals surface area contributed by atoms with Crippen molar-refractivity contribution in [3.05, 3.63) is 42.1 Å². The first kappa shape index (κ1) is 17.7. The topological polar surface area (TPSA) is 67.9 Å². The Morgan fingerprint density at radius 3 is 2.75 bits per heavy atom. The van der Waals surface area contributed by atoms with Crippen LogP contribution in [-0.2, 0) is 9.59 Å². The lowest BCUT2D eigenvalue weighted by atomic mass is 10.1. The van der Waals surface area contributed by atoms with Crippen LogP contribution in [0, 0.1) is 0 Å². The predicted molar refractivity (Wildman–Crippen MR) is 94.5 cm³/mol. The molecule has 2 amide bonds. The van der Waals surface area contributed by atoms with Crippen LogP contribution in [0.4, 0.5) is 0 Å². The fraction of sp³-hybridized carbons (Fsp3) is 0.235. The number of thiocarbonyl (C=S) groups is 1. The summed E-state index contributed by atoms with van der Waals surface area (Å²) in [6.07, 6.45) is 3.22. The number of carbonyl (C=O) groups excluding carboxylic acids is 2. The summed E-state index contributed by atoms with van der Waals surface area (Å²) in [5.74, 6) is 0.374. The lowest BCUT2D eigenvalue weighted by molar-refractivity contribution is -0.125. The number of amides is 2. The van der Waals surface area contributed by atoms with Gasteiger partial charge in [0.25, 0.3) is 5.91 Å². The highest BCUT2D eigenvalue weighted by Gasteiger charge is 2.32. The van der Waals surface area contributed by atoms with Gasteiger partial charge in [-0.25, -0.2) is 0 Å². The summed E-state index contributed by atoms with van der Waals surface area (Å²) in [7, 11) is 0. The second kappa shape index (κ2) is 7.74. The largest absolute Gasteiger partial charge is 0.490 e. The van der Waals surface area contributed by atoms with Gasteiger partial charge in [-0.05, 0) is 42.9 Å². The first-order valence-corrected chi connectivity index (χ1v) is 7.77. The molecule has 7 heteroatoms. The molecule has 1 heterocycles. The molecule has 6 nitrogen and oxygen atoms in total. The molecule has 1 saturated heterocycles. The molecule has 0 saturated carbocycles. The number of ether oxygens (including phenoxy) is 2. The summed E-state index contributed by atoms with van der Waals surface area (Å²) in [5.41, 5.74) is 0.861. The van der Waals surface area contributed by atoms with Crippen molar-refractivity contribution in [1.82, 2.24) is 10.2 Å². The van der Waals surface area contributed by atoms with Gasteiger partial charge in [-0.1, -0.05) is 18.7 Å². The molecule has 0 aliphatic carbocycles. The van der Waals surface area contributed by atoms with E-state index in [1.165, 1.54) is 11.8 Å². The molecule has 1 aliphatic rings. The minimum absolute atomic E-state index is 0.0784. The summed E-state index contributed by atoms with van der Waals surface area (Å²) >= 11 is 5.00. The third-order valence-electron chi connectivity index (χ3n) is 3.14. The van der Waals surface area contributed by atoms with Crippen molar-refractivity contribution in [3.8, 4) is 11.5 Å². The number of hydrogen-bond acceptors (Lipinski definition) is 5. The number of rotatable bonds is 6. The second-order valence-electron chi connectivity index (χ2n) is 4.88. The van der Waals surface area contributed by atoms with Gasteiger partial charge >= 0.3 is 0 Å². The van der Waals surface area contributed by atoms with Crippen LogP contribution >= 0.6 is 12.2 Å². The van der Waals surface area contributed by atoms with Crippen LogP contribution in [-0.4, -0.2) is 35.0 Å². The normalized spacial score (nSPS) is 15.4. The molecule has 1 aromatic rings. The highest BCUT2D eigenvalue weighted by molar-refractivity contribution is 7.80. The van der Waals surface area contributed by atoms with E-state index in [4.69, 9.17) is 21.7 Å². The smallest absolute Gasteiger partial charge is 0.274 e. The molecule has 1 aromatic carbocycles. The molecular formula is C17H18N2O4S. The van der Waals surface area contributed by atoms with Crippen LogP contribution < -0.4 is 14.8 Å². The molecule has 0 atom stereocenters. The van der Waals surface area contributed by atoms with Gasteiger partial charge in [0.1, 0.15) is 12.3 Å². The van der Waals surface area contributed by atoms with Crippen LogP contribution in [0.15, 0.2) is 36.6 Å². The van der Waals surface area contributed by atoms with Crippen LogP contribution in [0.1, 0.15) is 19.4 Å². The maximum Gasteiger partial charge on any atom is 0.274 e. The van der Waals surface area contributed by atoms with E-state index in [0.717, 1.165) is 0 Å². The Morgan fingerprint density at radius 1 is 1.38 bits per heavy atom. The van der Waals surface area contributed by atoms with Crippen LogP contribution in [0.5, 0.6) is 11.5 Å². The minimum atomic E-state index is -0.417. The first-order valence-electron chi connectivity index (χ1n) is 7.36. The second-order valence-corrected chi connectivity index (χ2v) is 5.27. The van der Waals surface area contributed by atoms with Gasteiger partial charge in [0.2, 0.25) is 5.91 Å². The summed E-state index contributed by atoms with van der Waals surface area (Å²) in [6, 6.07) is 5.24. The SMILES string of the molecule is C=CCOc1ccc(C=C2C(=O)NC(=S)N2C(C)=O)cc1OCC. The summed E-state index contributed by atoms with van der Waals surface area (Å²) in [6.45, 7) is 7.64. The fourth-order valence-electron chi connectivity index (χ4n) is 2.18. The third-order valence-corrected chi connectivity index (χ3v) is 3.42. The third kappa shape index (κ3) is 3.80. The lowest BCUT2D eigenvalue weighted by Gasteiger charge is -2.14. The fourth-order valence-corrected chi connectivity index (χ4v) is 2.50.